The van der Waals surface area contributed by atoms with Gasteiger partial charge in [-0.1, -0.05) is 0 Å². The zero-order valence-corrected chi connectivity index (χ0v) is 11.7. The Balaban J connectivity index is 2.22. The molecule has 2 heterocycles. The van der Waals surface area contributed by atoms with Crippen LogP contribution in [0, 0.1) is 0 Å². The van der Waals surface area contributed by atoms with Crippen LogP contribution in [0.25, 0.3) is 10.9 Å². The second-order valence-electron chi connectivity index (χ2n) is 4.53. The lowest BCUT2D eigenvalue weighted by Gasteiger charge is -2.21. The first-order valence-electron chi connectivity index (χ1n) is 6.17. The van der Waals surface area contributed by atoms with E-state index in [-0.39, 0.29) is 11.9 Å². The number of carbonyl (C=O) groups is 1. The molecule has 98 valence electrons. The number of rotatable bonds is 1. The van der Waals surface area contributed by atoms with Crippen molar-refractivity contribution in [3.8, 4) is 0 Å². The Morgan fingerprint density at radius 1 is 1.42 bits per heavy atom. The predicted molar refractivity (Wildman–Crippen MR) is 78.7 cm³/mol. The third-order valence-corrected chi connectivity index (χ3v) is 4.58. The van der Waals surface area contributed by atoms with Crippen molar-refractivity contribution >= 4 is 34.3 Å². The number of fused-ring (bicyclic) bond motifs is 3. The quantitative estimate of drug-likeness (QED) is 0.862. The van der Waals surface area contributed by atoms with E-state index in [1.54, 1.807) is 22.9 Å². The van der Waals surface area contributed by atoms with E-state index in [4.69, 9.17) is 0 Å². The van der Waals surface area contributed by atoms with Gasteiger partial charge in [0, 0.05) is 29.3 Å². The number of pyridine rings is 1. The third kappa shape index (κ3) is 1.99. The van der Waals surface area contributed by atoms with Crippen LogP contribution in [0.1, 0.15) is 0 Å². The Labute approximate surface area is 116 Å². The minimum atomic E-state index is -0.144. The molecule has 0 spiro atoms. The zero-order chi connectivity index (χ0) is 13.4. The molecule has 0 saturated heterocycles. The van der Waals surface area contributed by atoms with Crippen LogP contribution in [-0.4, -0.2) is 36.8 Å². The fourth-order valence-corrected chi connectivity index (χ4v) is 3.58. The largest absolute Gasteiger partial charge is 0.312 e. The first-order valence-corrected chi connectivity index (χ1v) is 7.16. The monoisotopic (exact) mass is 273 g/mol. The van der Waals surface area contributed by atoms with Gasteiger partial charge in [-0.25, -0.2) is 0 Å². The maximum Gasteiger partial charge on any atom is 0.244 e. The number of amides is 1. The van der Waals surface area contributed by atoms with Crippen LogP contribution in [0.2, 0.25) is 0 Å². The van der Waals surface area contributed by atoms with Crippen LogP contribution in [-0.2, 0) is 4.79 Å². The molecular weight excluding hydrogens is 258 g/mol. The number of benzene rings is 1. The molecule has 0 bridgehead atoms. The molecule has 0 saturated carbocycles. The summed E-state index contributed by atoms with van der Waals surface area (Å²) in [5, 5.41) is 4.11. The highest BCUT2D eigenvalue weighted by molar-refractivity contribution is 7.99. The van der Waals surface area contributed by atoms with Gasteiger partial charge in [0.2, 0.25) is 5.91 Å². The minimum Gasteiger partial charge on any atom is -0.312 e. The van der Waals surface area contributed by atoms with E-state index in [0.29, 0.717) is 0 Å². The molecule has 1 amide bonds. The molecule has 5 heteroatoms. The zero-order valence-electron chi connectivity index (χ0n) is 10.9. The molecule has 19 heavy (non-hydrogen) atoms. The Morgan fingerprint density at radius 2 is 2.26 bits per heavy atom. The fraction of sp³-hybridized carbons (Fsp3) is 0.286. The first kappa shape index (κ1) is 12.4. The first-order chi connectivity index (χ1) is 9.22. The van der Waals surface area contributed by atoms with Crippen molar-refractivity contribution in [3.05, 3.63) is 30.5 Å². The van der Waals surface area contributed by atoms with E-state index >= 15 is 0 Å². The lowest BCUT2D eigenvalue weighted by atomic mass is 10.1. The maximum absolute atomic E-state index is 12.4. The second kappa shape index (κ2) is 4.83. The van der Waals surface area contributed by atoms with Crippen LogP contribution >= 0.6 is 11.8 Å². The van der Waals surface area contributed by atoms with Gasteiger partial charge in [0.15, 0.2) is 0 Å². The van der Waals surface area contributed by atoms with Crippen molar-refractivity contribution in [2.75, 3.05) is 24.7 Å². The molecule has 1 atom stereocenters. The Hall–Kier alpha value is -1.59. The van der Waals surface area contributed by atoms with Crippen molar-refractivity contribution in [2.24, 2.45) is 0 Å². The molecule has 1 N–H and O–H groups in total. The van der Waals surface area contributed by atoms with Gasteiger partial charge >= 0.3 is 0 Å². The average molecular weight is 273 g/mol. The molecule has 0 fully saturated rings. The number of anilines is 1. The van der Waals surface area contributed by atoms with Gasteiger partial charge < -0.3 is 10.2 Å². The second-order valence-corrected chi connectivity index (χ2v) is 5.59. The van der Waals surface area contributed by atoms with Gasteiger partial charge in [0.05, 0.1) is 17.2 Å². The number of carbonyl (C=O) groups excluding carboxylic acids is 1. The summed E-state index contributed by atoms with van der Waals surface area (Å²) in [5.74, 6) is 0.850. The lowest BCUT2D eigenvalue weighted by Crippen LogP contribution is -2.44. The fourth-order valence-electron chi connectivity index (χ4n) is 2.37. The highest BCUT2D eigenvalue weighted by Gasteiger charge is 2.28. The van der Waals surface area contributed by atoms with E-state index in [2.05, 4.69) is 16.4 Å². The smallest absolute Gasteiger partial charge is 0.244 e. The van der Waals surface area contributed by atoms with E-state index in [1.807, 2.05) is 32.3 Å². The summed E-state index contributed by atoms with van der Waals surface area (Å²) >= 11 is 1.71. The third-order valence-electron chi connectivity index (χ3n) is 3.44. The van der Waals surface area contributed by atoms with Crippen molar-refractivity contribution in [1.82, 2.24) is 10.3 Å². The lowest BCUT2D eigenvalue weighted by molar-refractivity contribution is -0.119. The Morgan fingerprint density at radius 3 is 3.05 bits per heavy atom. The summed E-state index contributed by atoms with van der Waals surface area (Å²) in [4.78, 5) is 19.7. The molecule has 4 nitrogen and oxygen atoms in total. The molecule has 1 aliphatic rings. The van der Waals surface area contributed by atoms with Gasteiger partial charge in [0.1, 0.15) is 0 Å². The summed E-state index contributed by atoms with van der Waals surface area (Å²) in [7, 11) is 3.66. The maximum atomic E-state index is 12.4. The predicted octanol–water partition coefficient (Wildman–Crippen LogP) is 1.89. The number of nitrogens with one attached hydrogen (secondary N) is 1. The van der Waals surface area contributed by atoms with E-state index in [1.165, 1.54) is 0 Å². The highest BCUT2D eigenvalue weighted by atomic mass is 32.2. The molecule has 1 aliphatic heterocycles. The molecule has 0 aliphatic carbocycles. The van der Waals surface area contributed by atoms with Crippen LogP contribution in [0.5, 0.6) is 0 Å². The molecule has 0 radical (unpaired) electrons. The van der Waals surface area contributed by atoms with E-state index in [0.717, 1.165) is 27.2 Å². The summed E-state index contributed by atoms with van der Waals surface area (Å²) < 4.78 is 0. The number of hydrogen-bond donors (Lipinski definition) is 1. The van der Waals surface area contributed by atoms with Gasteiger partial charge in [-0.2, -0.15) is 0 Å². The van der Waals surface area contributed by atoms with E-state index < -0.39 is 0 Å². The summed E-state index contributed by atoms with van der Waals surface area (Å²) in [6, 6.07) is 7.85. The van der Waals surface area contributed by atoms with Gasteiger partial charge in [-0.05, 0) is 31.3 Å². The van der Waals surface area contributed by atoms with Crippen molar-refractivity contribution in [1.29, 1.82) is 0 Å². The molecule has 3 rings (SSSR count). The SMILES string of the molecule is CNC1CSc2ccc3ncccc3c2N(C)C1=O. The van der Waals surface area contributed by atoms with Crippen molar-refractivity contribution in [2.45, 2.75) is 10.9 Å². The van der Waals surface area contributed by atoms with E-state index in [9.17, 15) is 4.79 Å². The molecule has 1 aromatic heterocycles. The minimum absolute atomic E-state index is 0.102. The highest BCUT2D eigenvalue weighted by Crippen LogP contribution is 2.38. The van der Waals surface area contributed by atoms with Crippen LogP contribution in [0.4, 0.5) is 5.69 Å². The number of thioether (sulfide) groups is 1. The number of aromatic nitrogens is 1. The van der Waals surface area contributed by atoms with Crippen LogP contribution in [0.3, 0.4) is 0 Å². The Bertz CT molecular complexity index is 644. The van der Waals surface area contributed by atoms with Crippen LogP contribution in [0.15, 0.2) is 35.4 Å². The number of likely N-dealkylation sites (N-methyl/N-ethyl adjacent to an activating group) is 2. The van der Waals surface area contributed by atoms with Crippen LogP contribution < -0.4 is 10.2 Å². The van der Waals surface area contributed by atoms with Crippen molar-refractivity contribution < 1.29 is 4.79 Å². The number of hydrogen-bond acceptors (Lipinski definition) is 4. The topological polar surface area (TPSA) is 45.2 Å². The summed E-state index contributed by atoms with van der Waals surface area (Å²) in [5.41, 5.74) is 1.89. The molecule has 1 aromatic carbocycles. The normalized spacial score (nSPS) is 19.4. The van der Waals surface area contributed by atoms with Crippen molar-refractivity contribution in [3.63, 3.8) is 0 Å². The average Bonchev–Trinajstić information content (AvgIpc) is 2.57. The summed E-state index contributed by atoms with van der Waals surface area (Å²) in [6.07, 6.45) is 1.77. The summed E-state index contributed by atoms with van der Waals surface area (Å²) in [6.45, 7) is 0. The van der Waals surface area contributed by atoms with Gasteiger partial charge in [0.25, 0.3) is 0 Å². The Kier molecular flexibility index (Phi) is 3.16. The van der Waals surface area contributed by atoms with Gasteiger partial charge in [-0.3, -0.25) is 9.78 Å². The number of nitrogens with zero attached hydrogens (tertiary/aromatic N) is 2. The standard InChI is InChI=1S/C14H15N3OS/c1-15-11-8-19-12-6-5-10-9(4-3-7-16-10)13(12)17(2)14(11)18/h3-7,11,15H,8H2,1-2H3. The molecule has 1 unspecified atom stereocenters. The molecular formula is C14H15N3OS. The van der Waals surface area contributed by atoms with Gasteiger partial charge in [-0.15, -0.1) is 11.8 Å². The molecule has 2 aromatic rings.